The molecule has 0 saturated heterocycles. The molecule has 1 saturated carbocycles. The number of amides is 1. The smallest absolute Gasteiger partial charge is 0.225 e. The summed E-state index contributed by atoms with van der Waals surface area (Å²) in [5, 5.41) is 9.51. The van der Waals surface area contributed by atoms with Gasteiger partial charge in [0.25, 0.3) is 0 Å². The first-order valence-corrected chi connectivity index (χ1v) is 13.3. The van der Waals surface area contributed by atoms with Crippen molar-refractivity contribution in [2.75, 3.05) is 26.3 Å². The molecule has 0 aromatic carbocycles. The summed E-state index contributed by atoms with van der Waals surface area (Å²) < 4.78 is 12.2. The Kier molecular flexibility index (Phi) is 19.6. The van der Waals surface area contributed by atoms with Gasteiger partial charge in [-0.05, 0) is 59.8 Å². The van der Waals surface area contributed by atoms with Crippen LogP contribution in [0, 0.1) is 5.92 Å². The highest BCUT2D eigenvalue weighted by atomic mass is 16.5. The summed E-state index contributed by atoms with van der Waals surface area (Å²) in [6, 6.07) is 0. The predicted molar refractivity (Wildman–Crippen MR) is 137 cm³/mol. The molecule has 1 amide bonds. The summed E-state index contributed by atoms with van der Waals surface area (Å²) in [6.07, 6.45) is 7.24. The molecule has 194 valence electrons. The van der Waals surface area contributed by atoms with Gasteiger partial charge < -0.3 is 19.5 Å². The Morgan fingerprint density at radius 2 is 1.38 bits per heavy atom. The molecule has 0 bridgehead atoms. The quantitative estimate of drug-likeness (QED) is 0.280. The van der Waals surface area contributed by atoms with Crippen LogP contribution in [-0.2, 0) is 14.3 Å². The van der Waals surface area contributed by atoms with Crippen LogP contribution < -0.4 is 0 Å². The first-order chi connectivity index (χ1) is 15.1. The fourth-order valence-corrected chi connectivity index (χ4v) is 3.68. The SMILES string of the molecule is CC.CC.CCCCCN(CCOC(C)(C)CCOC(C)(C)CCC)C(=O)C1CC(O)C1. The number of nitrogens with zero attached hydrogens (tertiary/aromatic N) is 1. The first kappa shape index (κ1) is 33.5. The summed E-state index contributed by atoms with van der Waals surface area (Å²) in [5.74, 6) is 0.186. The number of ether oxygens (including phenoxy) is 2. The zero-order chi connectivity index (χ0) is 25.2. The maximum Gasteiger partial charge on any atom is 0.225 e. The van der Waals surface area contributed by atoms with E-state index < -0.39 is 0 Å². The van der Waals surface area contributed by atoms with Crippen molar-refractivity contribution in [3.05, 3.63) is 0 Å². The maximum atomic E-state index is 12.7. The average molecular weight is 460 g/mol. The molecular formula is C27H57NO4. The predicted octanol–water partition coefficient (Wildman–Crippen LogP) is 6.61. The third-order valence-corrected chi connectivity index (χ3v) is 5.71. The Bertz CT molecular complexity index is 445. The number of rotatable bonds is 15. The topological polar surface area (TPSA) is 59.0 Å². The van der Waals surface area contributed by atoms with Crippen LogP contribution in [0.4, 0.5) is 0 Å². The number of aliphatic hydroxyl groups is 1. The normalized spacial score (nSPS) is 18.0. The van der Waals surface area contributed by atoms with E-state index in [1.165, 1.54) is 0 Å². The minimum absolute atomic E-state index is 0.00108. The van der Waals surface area contributed by atoms with E-state index in [-0.39, 0.29) is 29.1 Å². The molecule has 1 rings (SSSR count). The van der Waals surface area contributed by atoms with Gasteiger partial charge in [0.15, 0.2) is 0 Å². The zero-order valence-electron chi connectivity index (χ0n) is 23.3. The molecule has 1 aliphatic carbocycles. The second kappa shape index (κ2) is 18.7. The third kappa shape index (κ3) is 15.2. The highest BCUT2D eigenvalue weighted by molar-refractivity contribution is 5.79. The van der Waals surface area contributed by atoms with Gasteiger partial charge in [0.1, 0.15) is 0 Å². The Labute approximate surface area is 200 Å². The van der Waals surface area contributed by atoms with Crippen molar-refractivity contribution in [2.24, 2.45) is 5.92 Å². The molecule has 0 atom stereocenters. The maximum absolute atomic E-state index is 12.7. The Morgan fingerprint density at radius 3 is 1.88 bits per heavy atom. The van der Waals surface area contributed by atoms with E-state index in [1.54, 1.807) is 0 Å². The molecule has 0 radical (unpaired) electrons. The fourth-order valence-electron chi connectivity index (χ4n) is 3.68. The Balaban J connectivity index is 0. The zero-order valence-corrected chi connectivity index (χ0v) is 23.3. The molecule has 0 aromatic heterocycles. The lowest BCUT2D eigenvalue weighted by Crippen LogP contribution is -2.45. The van der Waals surface area contributed by atoms with E-state index in [1.807, 2.05) is 32.6 Å². The van der Waals surface area contributed by atoms with Crippen LogP contribution in [0.15, 0.2) is 0 Å². The summed E-state index contributed by atoms with van der Waals surface area (Å²) in [7, 11) is 0. The van der Waals surface area contributed by atoms with Gasteiger partial charge in [0.05, 0.1) is 30.5 Å². The van der Waals surface area contributed by atoms with Gasteiger partial charge in [-0.25, -0.2) is 0 Å². The van der Waals surface area contributed by atoms with E-state index >= 15 is 0 Å². The highest BCUT2D eigenvalue weighted by Gasteiger charge is 2.35. The molecule has 0 unspecified atom stereocenters. The van der Waals surface area contributed by atoms with Crippen molar-refractivity contribution in [3.63, 3.8) is 0 Å². The number of carbonyl (C=O) groups is 1. The minimum Gasteiger partial charge on any atom is -0.393 e. The number of hydrogen-bond donors (Lipinski definition) is 1. The summed E-state index contributed by atoms with van der Waals surface area (Å²) in [6.45, 7) is 23.4. The van der Waals surface area contributed by atoms with Crippen LogP contribution in [0.2, 0.25) is 0 Å². The molecule has 32 heavy (non-hydrogen) atoms. The number of hydrogen-bond acceptors (Lipinski definition) is 4. The van der Waals surface area contributed by atoms with E-state index in [0.717, 1.165) is 45.1 Å². The van der Waals surface area contributed by atoms with Crippen molar-refractivity contribution in [3.8, 4) is 0 Å². The van der Waals surface area contributed by atoms with Crippen LogP contribution in [0.25, 0.3) is 0 Å². The van der Waals surface area contributed by atoms with Gasteiger partial charge in [0, 0.05) is 19.0 Å². The lowest BCUT2D eigenvalue weighted by molar-refractivity contribution is -0.144. The van der Waals surface area contributed by atoms with Crippen molar-refractivity contribution in [1.82, 2.24) is 4.90 Å². The van der Waals surface area contributed by atoms with Crippen LogP contribution in [0.1, 0.15) is 121 Å². The lowest BCUT2D eigenvalue weighted by atomic mass is 9.81. The molecule has 0 aliphatic heterocycles. The van der Waals surface area contributed by atoms with Gasteiger partial charge in [-0.15, -0.1) is 0 Å². The number of carbonyl (C=O) groups excluding carboxylic acids is 1. The third-order valence-electron chi connectivity index (χ3n) is 5.71. The molecular weight excluding hydrogens is 402 g/mol. The summed E-state index contributed by atoms with van der Waals surface area (Å²) in [5.41, 5.74) is -0.353. The van der Waals surface area contributed by atoms with Gasteiger partial charge in [-0.1, -0.05) is 60.8 Å². The largest absolute Gasteiger partial charge is 0.393 e. The number of aliphatic hydroxyl groups excluding tert-OH is 1. The average Bonchev–Trinajstić information content (AvgIpc) is 2.72. The van der Waals surface area contributed by atoms with Crippen LogP contribution in [0.3, 0.4) is 0 Å². The van der Waals surface area contributed by atoms with Gasteiger partial charge in [-0.3, -0.25) is 4.79 Å². The van der Waals surface area contributed by atoms with Crippen LogP contribution in [0.5, 0.6) is 0 Å². The first-order valence-electron chi connectivity index (χ1n) is 13.3. The van der Waals surface area contributed by atoms with Crippen molar-refractivity contribution in [1.29, 1.82) is 0 Å². The molecule has 0 heterocycles. The Morgan fingerprint density at radius 1 is 0.844 bits per heavy atom. The molecule has 0 aromatic rings. The summed E-state index contributed by atoms with van der Waals surface area (Å²) >= 11 is 0. The van der Waals surface area contributed by atoms with E-state index in [9.17, 15) is 9.90 Å². The lowest BCUT2D eigenvalue weighted by Gasteiger charge is -2.35. The van der Waals surface area contributed by atoms with Crippen LogP contribution >= 0.6 is 0 Å². The molecule has 1 aliphatic rings. The highest BCUT2D eigenvalue weighted by Crippen LogP contribution is 2.29. The second-order valence-electron chi connectivity index (χ2n) is 9.57. The van der Waals surface area contributed by atoms with Gasteiger partial charge >= 0.3 is 0 Å². The van der Waals surface area contributed by atoms with E-state index in [2.05, 4.69) is 41.5 Å². The molecule has 5 nitrogen and oxygen atoms in total. The minimum atomic E-state index is -0.293. The van der Waals surface area contributed by atoms with Crippen molar-refractivity contribution < 1.29 is 19.4 Å². The second-order valence-corrected chi connectivity index (χ2v) is 9.57. The van der Waals surface area contributed by atoms with Crippen molar-refractivity contribution in [2.45, 2.75) is 138 Å². The van der Waals surface area contributed by atoms with E-state index in [4.69, 9.17) is 9.47 Å². The molecule has 1 fully saturated rings. The van der Waals surface area contributed by atoms with Crippen LogP contribution in [-0.4, -0.2) is 59.5 Å². The molecule has 1 N–H and O–H groups in total. The van der Waals surface area contributed by atoms with Gasteiger partial charge in [-0.2, -0.15) is 0 Å². The molecule has 0 spiro atoms. The standard InChI is InChI=1S/C23H45NO4.2C2H6/c1-7-9-10-13-24(21(26)19-17-20(25)18-19)14-16-28-23(5,6)12-15-27-22(3,4)11-8-2;2*1-2/h19-20,25H,7-18H2,1-6H3;2*1-2H3. The van der Waals surface area contributed by atoms with Gasteiger partial charge in [0.2, 0.25) is 5.91 Å². The van der Waals surface area contributed by atoms with Crippen molar-refractivity contribution >= 4 is 5.91 Å². The number of unbranched alkanes of at least 4 members (excludes halogenated alkanes) is 2. The Hall–Kier alpha value is -0.650. The molecule has 5 heteroatoms. The fraction of sp³-hybridized carbons (Fsp3) is 0.963. The summed E-state index contributed by atoms with van der Waals surface area (Å²) in [4.78, 5) is 14.7. The van der Waals surface area contributed by atoms with E-state index in [0.29, 0.717) is 32.6 Å². The monoisotopic (exact) mass is 459 g/mol.